The summed E-state index contributed by atoms with van der Waals surface area (Å²) in [6.45, 7) is 17.2. The van der Waals surface area contributed by atoms with Crippen LogP contribution in [0, 0.1) is 0 Å². The summed E-state index contributed by atoms with van der Waals surface area (Å²) in [6, 6.07) is 31.3. The Hall–Kier alpha value is -4.34. The van der Waals surface area contributed by atoms with Crippen molar-refractivity contribution in [2.24, 2.45) is 0 Å². The predicted molar refractivity (Wildman–Crippen MR) is 198 cm³/mol. The fraction of sp³-hybridized carbons (Fsp3) is 0.238. The number of furan rings is 1. The second-order valence-corrected chi connectivity index (χ2v) is 12.6. The van der Waals surface area contributed by atoms with E-state index in [1.165, 1.54) is 59.4 Å². The molecule has 0 saturated carbocycles. The molecule has 1 aliphatic carbocycles. The molecule has 0 amide bonds. The first-order chi connectivity index (χ1) is 22.0. The van der Waals surface area contributed by atoms with Crippen molar-refractivity contribution in [1.29, 1.82) is 0 Å². The Morgan fingerprint density at radius 2 is 1.58 bits per heavy atom. The molecule has 0 N–H and O–H groups in total. The number of thiophene rings is 1. The van der Waals surface area contributed by atoms with Crippen LogP contribution in [0.25, 0.3) is 44.0 Å². The molecular weight excluding hydrogens is 567 g/mol. The number of allylic oxidation sites excluding steroid dienone is 1. The Labute approximate surface area is 272 Å². The number of hydrogen-bond acceptors (Lipinski definition) is 3. The van der Waals surface area contributed by atoms with E-state index in [1.54, 1.807) is 0 Å². The van der Waals surface area contributed by atoms with Crippen molar-refractivity contribution in [3.8, 4) is 11.1 Å². The van der Waals surface area contributed by atoms with Crippen LogP contribution in [-0.2, 0) is 12.8 Å². The molecule has 3 heteroatoms. The lowest BCUT2D eigenvalue weighted by atomic mass is 9.95. The quantitative estimate of drug-likeness (QED) is 0.198. The fourth-order valence-electron chi connectivity index (χ4n) is 6.50. The van der Waals surface area contributed by atoms with Gasteiger partial charge in [-0.05, 0) is 81.9 Å². The Kier molecular flexibility index (Phi) is 8.83. The summed E-state index contributed by atoms with van der Waals surface area (Å²) >= 11 is 1.86. The van der Waals surface area contributed by atoms with E-state index in [4.69, 9.17) is 11.0 Å². The molecule has 0 saturated heterocycles. The zero-order valence-electron chi connectivity index (χ0n) is 27.4. The van der Waals surface area contributed by atoms with Gasteiger partial charge in [-0.2, -0.15) is 0 Å². The molecule has 4 aromatic carbocycles. The lowest BCUT2D eigenvalue weighted by Crippen LogP contribution is -2.14. The number of rotatable bonds is 3. The third-order valence-corrected chi connectivity index (χ3v) is 9.96. The van der Waals surface area contributed by atoms with Crippen molar-refractivity contribution >= 4 is 55.5 Å². The van der Waals surface area contributed by atoms with E-state index in [2.05, 4.69) is 116 Å². The van der Waals surface area contributed by atoms with Gasteiger partial charge in [-0.3, -0.25) is 0 Å². The summed E-state index contributed by atoms with van der Waals surface area (Å²) in [5.74, 6) is 1.58. The molecule has 2 nitrogen and oxygen atoms in total. The summed E-state index contributed by atoms with van der Waals surface area (Å²) in [6.07, 6.45) is 7.40. The van der Waals surface area contributed by atoms with Gasteiger partial charge in [-0.15, -0.1) is 11.3 Å². The maximum absolute atomic E-state index is 6.14. The highest BCUT2D eigenvalue weighted by atomic mass is 32.1. The number of anilines is 2. The molecule has 0 spiro atoms. The van der Waals surface area contributed by atoms with Gasteiger partial charge in [0.2, 0.25) is 0 Å². The largest absolute Gasteiger partial charge is 0.460 e. The number of nitrogens with zero attached hydrogens (tertiary/aromatic N) is 1. The number of fused-ring (bicyclic) bond motifs is 7. The van der Waals surface area contributed by atoms with Crippen LogP contribution in [0.5, 0.6) is 0 Å². The molecule has 0 fully saturated rings. The molecule has 228 valence electrons. The minimum atomic E-state index is 0.479. The Morgan fingerprint density at radius 1 is 0.822 bits per heavy atom. The minimum Gasteiger partial charge on any atom is -0.460 e. The van der Waals surface area contributed by atoms with Crippen LogP contribution in [0.3, 0.4) is 0 Å². The summed E-state index contributed by atoms with van der Waals surface area (Å²) < 4.78 is 7.47. The highest BCUT2D eigenvalue weighted by molar-refractivity contribution is 7.20. The third kappa shape index (κ3) is 5.44. The van der Waals surface area contributed by atoms with E-state index >= 15 is 0 Å². The fourth-order valence-corrected chi connectivity index (χ4v) is 7.68. The standard InChI is InChI=1S/C38H31NOS.2C2H6/c1-23(2)26-14-18-34-28(20-26)22-33-31-9-5-7-11-37(31)41-38(33)24(3)39(34)29-16-12-25(13-17-29)27-15-19-36-32(21-27)30-8-4-6-10-35(30)40-36;2*1-2/h4-5,7-9,11-21,23H,3,6,10,22H2,1-2H3;2*1-2H3. The molecule has 3 heterocycles. The first-order valence-corrected chi connectivity index (χ1v) is 17.3. The van der Waals surface area contributed by atoms with Gasteiger partial charge in [-0.1, -0.05) is 109 Å². The first-order valence-electron chi connectivity index (χ1n) is 16.5. The maximum Gasteiger partial charge on any atom is 0.134 e. The van der Waals surface area contributed by atoms with Gasteiger partial charge in [0.25, 0.3) is 0 Å². The van der Waals surface area contributed by atoms with E-state index < -0.39 is 0 Å². The lowest BCUT2D eigenvalue weighted by molar-refractivity contribution is 0.546. The summed E-state index contributed by atoms with van der Waals surface area (Å²) in [4.78, 5) is 3.64. The highest BCUT2D eigenvalue weighted by Crippen LogP contribution is 2.47. The average Bonchev–Trinajstić information content (AvgIpc) is 3.62. The van der Waals surface area contributed by atoms with Crippen molar-refractivity contribution in [3.05, 3.63) is 130 Å². The van der Waals surface area contributed by atoms with Crippen LogP contribution in [0.15, 0.2) is 102 Å². The van der Waals surface area contributed by atoms with Crippen molar-refractivity contribution in [2.75, 3.05) is 4.90 Å². The van der Waals surface area contributed by atoms with Gasteiger partial charge < -0.3 is 9.32 Å². The third-order valence-electron chi connectivity index (χ3n) is 8.69. The zero-order valence-corrected chi connectivity index (χ0v) is 28.2. The van der Waals surface area contributed by atoms with Crippen molar-refractivity contribution in [3.63, 3.8) is 0 Å². The van der Waals surface area contributed by atoms with Crippen LogP contribution in [-0.4, -0.2) is 0 Å². The number of hydrogen-bond donors (Lipinski definition) is 0. The van der Waals surface area contributed by atoms with E-state index in [9.17, 15) is 0 Å². The zero-order chi connectivity index (χ0) is 31.7. The lowest BCUT2D eigenvalue weighted by Gasteiger charge is -2.27. The molecule has 0 radical (unpaired) electrons. The van der Waals surface area contributed by atoms with Gasteiger partial charge in [0, 0.05) is 39.9 Å². The second-order valence-electron chi connectivity index (χ2n) is 11.5. The molecule has 0 bridgehead atoms. The molecule has 45 heavy (non-hydrogen) atoms. The van der Waals surface area contributed by atoms with Gasteiger partial charge in [0.15, 0.2) is 0 Å². The van der Waals surface area contributed by atoms with Gasteiger partial charge in [-0.25, -0.2) is 0 Å². The number of benzene rings is 4. The van der Waals surface area contributed by atoms with Crippen LogP contribution < -0.4 is 4.90 Å². The van der Waals surface area contributed by atoms with Crippen LogP contribution >= 0.6 is 11.3 Å². The van der Waals surface area contributed by atoms with E-state index in [-0.39, 0.29) is 0 Å². The minimum absolute atomic E-state index is 0.479. The molecule has 8 rings (SSSR count). The highest BCUT2D eigenvalue weighted by Gasteiger charge is 2.27. The van der Waals surface area contributed by atoms with E-state index in [0.717, 1.165) is 42.0 Å². The van der Waals surface area contributed by atoms with E-state index in [0.29, 0.717) is 5.92 Å². The Balaban J connectivity index is 0.000000860. The maximum atomic E-state index is 6.14. The van der Waals surface area contributed by atoms with Crippen LogP contribution in [0.4, 0.5) is 11.4 Å². The van der Waals surface area contributed by atoms with Crippen LogP contribution in [0.1, 0.15) is 86.8 Å². The summed E-state index contributed by atoms with van der Waals surface area (Å²) in [5.41, 5.74) is 12.1. The summed E-state index contributed by atoms with van der Waals surface area (Å²) in [5, 5.41) is 2.55. The average molecular weight is 610 g/mol. The Morgan fingerprint density at radius 3 is 2.36 bits per heavy atom. The van der Waals surface area contributed by atoms with Gasteiger partial charge >= 0.3 is 0 Å². The van der Waals surface area contributed by atoms with E-state index in [1.807, 2.05) is 39.0 Å². The monoisotopic (exact) mass is 609 g/mol. The van der Waals surface area contributed by atoms with Gasteiger partial charge in [0.05, 0.1) is 10.6 Å². The molecule has 0 atom stereocenters. The van der Waals surface area contributed by atoms with Crippen LogP contribution in [0.2, 0.25) is 0 Å². The molecule has 2 aliphatic rings. The smallest absolute Gasteiger partial charge is 0.134 e. The number of aryl methyl sites for hydroxylation is 1. The molecule has 2 aromatic heterocycles. The van der Waals surface area contributed by atoms with Crippen molar-refractivity contribution in [2.45, 2.75) is 66.7 Å². The van der Waals surface area contributed by atoms with Gasteiger partial charge in [0.1, 0.15) is 11.3 Å². The SMILES string of the molecule is C=C1c2sc3ccccc3c2Cc2cc(C(C)C)ccc2N1c1ccc(-c2ccc3oc4c(c3c2)C=CCC4)cc1.CC.CC. The molecule has 0 unspecified atom stereocenters. The van der Waals surface area contributed by atoms with Crippen molar-refractivity contribution < 1.29 is 4.42 Å². The molecule has 1 aliphatic heterocycles. The second kappa shape index (κ2) is 12.9. The van der Waals surface area contributed by atoms with Crippen molar-refractivity contribution in [1.82, 2.24) is 0 Å². The topological polar surface area (TPSA) is 16.4 Å². The Bertz CT molecular complexity index is 2020. The molecule has 6 aromatic rings. The predicted octanol–water partition coefficient (Wildman–Crippen LogP) is 13.2. The first kappa shape index (κ1) is 30.7. The normalized spacial score (nSPS) is 13.4. The molecular formula is C42H43NOS. The summed E-state index contributed by atoms with van der Waals surface area (Å²) in [7, 11) is 0.